The molecule has 0 radical (unpaired) electrons. The summed E-state index contributed by atoms with van der Waals surface area (Å²) < 4.78 is 0. The third-order valence-electron chi connectivity index (χ3n) is 2.28. The maximum Gasteiger partial charge on any atom is 0.146 e. The Morgan fingerprint density at radius 2 is 2.08 bits per heavy atom. The minimum atomic E-state index is 0.315. The number of hydrogen-bond acceptors (Lipinski definition) is 2. The van der Waals surface area contributed by atoms with Gasteiger partial charge in [0.1, 0.15) is 5.78 Å². The van der Waals surface area contributed by atoms with Gasteiger partial charge in [-0.15, -0.1) is 6.58 Å². The Kier molecular flexibility index (Phi) is 7.60. The van der Waals surface area contributed by atoms with E-state index in [2.05, 4.69) is 25.7 Å². The number of carbonyl (C=O) groups excluding carboxylic acids is 1. The summed E-state index contributed by atoms with van der Waals surface area (Å²) >= 11 is 0. The largest absolute Gasteiger partial charge is 0.307 e. The molecular weight excluding hydrogens is 162 g/mol. The topological polar surface area (TPSA) is 29.1 Å². The van der Waals surface area contributed by atoms with Gasteiger partial charge in [-0.3, -0.25) is 4.79 Å². The van der Waals surface area contributed by atoms with Crippen LogP contribution in [0.4, 0.5) is 0 Å². The SMILES string of the molecule is C=CCNCC(=O)CC(CC)CC. The smallest absolute Gasteiger partial charge is 0.146 e. The summed E-state index contributed by atoms with van der Waals surface area (Å²) in [5, 5.41) is 3.02. The van der Waals surface area contributed by atoms with E-state index in [1.165, 1.54) is 0 Å². The van der Waals surface area contributed by atoms with Crippen LogP contribution in [0.3, 0.4) is 0 Å². The first-order valence-electron chi connectivity index (χ1n) is 5.07. The molecule has 0 aliphatic carbocycles. The number of rotatable bonds is 8. The van der Waals surface area contributed by atoms with Crippen LogP contribution < -0.4 is 5.32 Å². The van der Waals surface area contributed by atoms with Gasteiger partial charge in [-0.05, 0) is 5.92 Å². The molecule has 0 saturated carbocycles. The van der Waals surface area contributed by atoms with Gasteiger partial charge in [0.2, 0.25) is 0 Å². The molecule has 0 aliphatic heterocycles. The summed E-state index contributed by atoms with van der Waals surface area (Å²) in [4.78, 5) is 11.3. The van der Waals surface area contributed by atoms with Crippen molar-refractivity contribution < 1.29 is 4.79 Å². The zero-order valence-corrected chi connectivity index (χ0v) is 8.81. The highest BCUT2D eigenvalue weighted by Crippen LogP contribution is 2.12. The second kappa shape index (κ2) is 7.99. The van der Waals surface area contributed by atoms with Gasteiger partial charge in [0.15, 0.2) is 0 Å². The normalized spacial score (nSPS) is 10.4. The molecule has 0 unspecified atom stereocenters. The van der Waals surface area contributed by atoms with Crippen molar-refractivity contribution in [3.63, 3.8) is 0 Å². The highest BCUT2D eigenvalue weighted by atomic mass is 16.1. The van der Waals surface area contributed by atoms with E-state index in [0.29, 0.717) is 24.8 Å². The predicted molar refractivity (Wildman–Crippen MR) is 56.8 cm³/mol. The van der Waals surface area contributed by atoms with E-state index in [4.69, 9.17) is 0 Å². The molecule has 0 heterocycles. The Bertz CT molecular complexity index is 150. The van der Waals surface area contributed by atoms with E-state index < -0.39 is 0 Å². The molecule has 0 amide bonds. The van der Waals surface area contributed by atoms with Gasteiger partial charge in [-0.1, -0.05) is 32.8 Å². The minimum Gasteiger partial charge on any atom is -0.307 e. The molecule has 2 heteroatoms. The van der Waals surface area contributed by atoms with E-state index in [1.54, 1.807) is 6.08 Å². The second-order valence-corrected chi connectivity index (χ2v) is 3.34. The lowest BCUT2D eigenvalue weighted by molar-refractivity contribution is -0.119. The molecule has 0 aromatic carbocycles. The Hall–Kier alpha value is -0.630. The van der Waals surface area contributed by atoms with Crippen molar-refractivity contribution >= 4 is 5.78 Å². The predicted octanol–water partition coefficient (Wildman–Crippen LogP) is 2.16. The monoisotopic (exact) mass is 183 g/mol. The zero-order chi connectivity index (χ0) is 10.1. The molecule has 0 spiro atoms. The molecule has 1 N–H and O–H groups in total. The Balaban J connectivity index is 3.53. The molecule has 0 bridgehead atoms. The maximum atomic E-state index is 11.3. The lowest BCUT2D eigenvalue weighted by Gasteiger charge is -2.10. The maximum absolute atomic E-state index is 11.3. The fraction of sp³-hybridized carbons (Fsp3) is 0.727. The van der Waals surface area contributed by atoms with Crippen LogP contribution in [0.15, 0.2) is 12.7 Å². The van der Waals surface area contributed by atoms with Crippen molar-refractivity contribution in [2.75, 3.05) is 13.1 Å². The van der Waals surface area contributed by atoms with Crippen LogP contribution in [0.1, 0.15) is 33.1 Å². The van der Waals surface area contributed by atoms with Crippen LogP contribution in [-0.4, -0.2) is 18.9 Å². The summed E-state index contributed by atoms with van der Waals surface area (Å²) in [6.07, 6.45) is 4.69. The van der Waals surface area contributed by atoms with Crippen molar-refractivity contribution in [3.05, 3.63) is 12.7 Å². The summed E-state index contributed by atoms with van der Waals surface area (Å²) in [6.45, 7) is 9.06. The average Bonchev–Trinajstić information content (AvgIpc) is 2.14. The molecule has 2 nitrogen and oxygen atoms in total. The van der Waals surface area contributed by atoms with Crippen molar-refractivity contribution in [3.8, 4) is 0 Å². The van der Waals surface area contributed by atoms with Crippen LogP contribution in [-0.2, 0) is 4.79 Å². The fourth-order valence-corrected chi connectivity index (χ4v) is 1.29. The highest BCUT2D eigenvalue weighted by Gasteiger charge is 2.08. The van der Waals surface area contributed by atoms with Gasteiger partial charge in [0.25, 0.3) is 0 Å². The van der Waals surface area contributed by atoms with Gasteiger partial charge in [-0.2, -0.15) is 0 Å². The lowest BCUT2D eigenvalue weighted by atomic mass is 9.97. The Labute approximate surface area is 81.4 Å². The Morgan fingerprint density at radius 1 is 1.46 bits per heavy atom. The molecule has 0 atom stereocenters. The lowest BCUT2D eigenvalue weighted by Crippen LogP contribution is -2.24. The van der Waals surface area contributed by atoms with Crippen LogP contribution in [0, 0.1) is 5.92 Å². The van der Waals surface area contributed by atoms with Gasteiger partial charge >= 0.3 is 0 Å². The zero-order valence-electron chi connectivity index (χ0n) is 8.81. The first-order chi connectivity index (χ1) is 6.24. The number of nitrogens with one attached hydrogen (secondary N) is 1. The van der Waals surface area contributed by atoms with Crippen molar-refractivity contribution in [1.82, 2.24) is 5.32 Å². The molecule has 0 fully saturated rings. The average molecular weight is 183 g/mol. The van der Waals surface area contributed by atoms with Crippen LogP contribution >= 0.6 is 0 Å². The highest BCUT2D eigenvalue weighted by molar-refractivity contribution is 5.80. The molecule has 0 aromatic rings. The van der Waals surface area contributed by atoms with Crippen molar-refractivity contribution in [2.24, 2.45) is 5.92 Å². The van der Waals surface area contributed by atoms with Crippen molar-refractivity contribution in [2.45, 2.75) is 33.1 Å². The van der Waals surface area contributed by atoms with Crippen LogP contribution in [0.25, 0.3) is 0 Å². The molecule has 0 aromatic heterocycles. The third-order valence-corrected chi connectivity index (χ3v) is 2.28. The van der Waals surface area contributed by atoms with Gasteiger partial charge in [0.05, 0.1) is 6.54 Å². The van der Waals surface area contributed by atoms with E-state index in [-0.39, 0.29) is 0 Å². The summed E-state index contributed by atoms with van der Waals surface area (Å²) in [7, 11) is 0. The van der Waals surface area contributed by atoms with Gasteiger partial charge in [-0.25, -0.2) is 0 Å². The summed E-state index contributed by atoms with van der Waals surface area (Å²) in [5.41, 5.74) is 0. The van der Waals surface area contributed by atoms with Crippen LogP contribution in [0.2, 0.25) is 0 Å². The third kappa shape index (κ3) is 6.52. The first-order valence-corrected chi connectivity index (χ1v) is 5.07. The van der Waals surface area contributed by atoms with Crippen molar-refractivity contribution in [1.29, 1.82) is 0 Å². The summed E-state index contributed by atoms with van der Waals surface area (Å²) in [6, 6.07) is 0. The van der Waals surface area contributed by atoms with Crippen LogP contribution in [0.5, 0.6) is 0 Å². The molecule has 0 saturated heterocycles. The van der Waals surface area contributed by atoms with E-state index in [1.807, 2.05) is 0 Å². The number of hydrogen-bond donors (Lipinski definition) is 1. The quantitative estimate of drug-likeness (QED) is 0.461. The molecule has 13 heavy (non-hydrogen) atoms. The Morgan fingerprint density at radius 3 is 2.54 bits per heavy atom. The molecule has 0 aliphatic rings. The molecular formula is C11H21NO. The van der Waals surface area contributed by atoms with Gasteiger partial charge < -0.3 is 5.32 Å². The second-order valence-electron chi connectivity index (χ2n) is 3.34. The number of carbonyl (C=O) groups is 1. The van der Waals surface area contributed by atoms with E-state index >= 15 is 0 Å². The van der Waals surface area contributed by atoms with E-state index in [9.17, 15) is 4.79 Å². The van der Waals surface area contributed by atoms with Gasteiger partial charge in [0, 0.05) is 13.0 Å². The van der Waals surface area contributed by atoms with E-state index in [0.717, 1.165) is 19.3 Å². The standard InChI is InChI=1S/C11H21NO/c1-4-7-12-9-11(13)8-10(5-2)6-3/h4,10,12H,1,5-9H2,2-3H3. The fourth-order valence-electron chi connectivity index (χ4n) is 1.29. The molecule has 76 valence electrons. The summed E-state index contributed by atoms with van der Waals surface area (Å²) in [5.74, 6) is 0.883. The minimum absolute atomic E-state index is 0.315. The number of Topliss-reactive ketones (excluding diaryl/α,β-unsaturated/α-hetero) is 1. The molecule has 0 rings (SSSR count). The first kappa shape index (κ1) is 12.4. The number of ketones is 1.